The maximum atomic E-state index is 4.37. The van der Waals surface area contributed by atoms with Crippen LogP contribution in [-0.4, -0.2) is 15.8 Å². The van der Waals surface area contributed by atoms with Crippen LogP contribution in [-0.2, 0) is 5.54 Å². The summed E-state index contributed by atoms with van der Waals surface area (Å²) in [5, 5.41) is 7.86. The Morgan fingerprint density at radius 1 is 1.31 bits per heavy atom. The number of nitrogens with one attached hydrogen (secondary N) is 1. The van der Waals surface area contributed by atoms with Gasteiger partial charge < -0.3 is 5.32 Å². The third-order valence-corrected chi connectivity index (χ3v) is 2.51. The minimum Gasteiger partial charge on any atom is -0.380 e. The van der Waals surface area contributed by atoms with Gasteiger partial charge >= 0.3 is 0 Å². The van der Waals surface area contributed by atoms with Gasteiger partial charge in [-0.1, -0.05) is 13.8 Å². The summed E-state index contributed by atoms with van der Waals surface area (Å²) in [6.45, 7) is 13.2. The Bertz CT molecular complexity index is 320. The molecule has 0 spiro atoms. The summed E-state index contributed by atoms with van der Waals surface area (Å²) in [5.74, 6) is 0.722. The van der Waals surface area contributed by atoms with Crippen molar-refractivity contribution in [2.24, 2.45) is 5.92 Å². The van der Waals surface area contributed by atoms with Gasteiger partial charge in [0.1, 0.15) is 0 Å². The number of aromatic nitrogens is 2. The van der Waals surface area contributed by atoms with Gasteiger partial charge in [-0.25, -0.2) is 0 Å². The number of anilines is 1. The molecule has 1 heterocycles. The smallest absolute Gasteiger partial charge is 0.0728 e. The second kappa shape index (κ2) is 4.89. The van der Waals surface area contributed by atoms with E-state index in [9.17, 15) is 0 Å². The molecule has 0 aromatic carbocycles. The van der Waals surface area contributed by atoms with Gasteiger partial charge in [-0.3, -0.25) is 4.68 Å². The van der Waals surface area contributed by atoms with Crippen LogP contribution < -0.4 is 5.32 Å². The SMILES string of the molecule is CC(C)CC(C)Nc1cnn(C(C)(C)C)c1. The molecule has 0 aliphatic carbocycles. The van der Waals surface area contributed by atoms with Gasteiger partial charge in [-0.15, -0.1) is 0 Å². The van der Waals surface area contributed by atoms with Crippen LogP contribution in [0.5, 0.6) is 0 Å². The first-order valence-electron chi connectivity index (χ1n) is 6.10. The topological polar surface area (TPSA) is 29.9 Å². The van der Waals surface area contributed by atoms with Gasteiger partial charge in [-0.2, -0.15) is 5.10 Å². The fraction of sp³-hybridized carbons (Fsp3) is 0.769. The predicted molar refractivity (Wildman–Crippen MR) is 69.8 cm³/mol. The summed E-state index contributed by atoms with van der Waals surface area (Å²) in [6, 6.07) is 0.498. The van der Waals surface area contributed by atoms with Gasteiger partial charge in [-0.05, 0) is 40.0 Å². The highest BCUT2D eigenvalue weighted by molar-refractivity contribution is 5.39. The van der Waals surface area contributed by atoms with Crippen LogP contribution in [0.15, 0.2) is 12.4 Å². The van der Waals surface area contributed by atoms with Crippen LogP contribution in [0.4, 0.5) is 5.69 Å². The van der Waals surface area contributed by atoms with Crippen molar-refractivity contribution in [3.8, 4) is 0 Å². The predicted octanol–water partition coefficient (Wildman–Crippen LogP) is 3.48. The maximum absolute atomic E-state index is 4.37. The maximum Gasteiger partial charge on any atom is 0.0728 e. The normalized spacial score (nSPS) is 14.2. The van der Waals surface area contributed by atoms with E-state index >= 15 is 0 Å². The molecule has 1 unspecified atom stereocenters. The van der Waals surface area contributed by atoms with E-state index in [1.807, 2.05) is 10.9 Å². The van der Waals surface area contributed by atoms with E-state index in [4.69, 9.17) is 0 Å². The second-order valence-electron chi connectivity index (χ2n) is 6.02. The number of rotatable bonds is 4. The first-order valence-corrected chi connectivity index (χ1v) is 6.10. The van der Waals surface area contributed by atoms with E-state index < -0.39 is 0 Å². The lowest BCUT2D eigenvalue weighted by atomic mass is 10.1. The second-order valence-corrected chi connectivity index (χ2v) is 6.02. The molecule has 1 aromatic rings. The number of hydrogen-bond acceptors (Lipinski definition) is 2. The minimum atomic E-state index is 0.0568. The highest BCUT2D eigenvalue weighted by atomic mass is 15.3. The summed E-state index contributed by atoms with van der Waals surface area (Å²) >= 11 is 0. The summed E-state index contributed by atoms with van der Waals surface area (Å²) in [6.07, 6.45) is 5.17. The van der Waals surface area contributed by atoms with Gasteiger partial charge in [0.15, 0.2) is 0 Å². The van der Waals surface area contributed by atoms with E-state index in [-0.39, 0.29) is 5.54 Å². The Kier molecular flexibility index (Phi) is 4.00. The molecule has 0 aliphatic heterocycles. The molecule has 1 N–H and O–H groups in total. The summed E-state index contributed by atoms with van der Waals surface area (Å²) in [7, 11) is 0. The van der Waals surface area contributed by atoms with Crippen molar-refractivity contribution in [3.05, 3.63) is 12.4 Å². The molecule has 0 saturated carbocycles. The zero-order valence-electron chi connectivity index (χ0n) is 11.4. The molecule has 3 nitrogen and oxygen atoms in total. The molecular formula is C13H25N3. The highest BCUT2D eigenvalue weighted by Crippen LogP contribution is 2.17. The zero-order chi connectivity index (χ0) is 12.3. The van der Waals surface area contributed by atoms with Gasteiger partial charge in [0, 0.05) is 12.2 Å². The first-order chi connectivity index (χ1) is 7.29. The van der Waals surface area contributed by atoms with Gasteiger partial charge in [0.25, 0.3) is 0 Å². The molecular weight excluding hydrogens is 198 g/mol. The highest BCUT2D eigenvalue weighted by Gasteiger charge is 2.14. The summed E-state index contributed by atoms with van der Waals surface area (Å²) in [4.78, 5) is 0. The zero-order valence-corrected chi connectivity index (χ0v) is 11.4. The van der Waals surface area contributed by atoms with Crippen molar-refractivity contribution in [3.63, 3.8) is 0 Å². The largest absolute Gasteiger partial charge is 0.380 e. The first kappa shape index (κ1) is 13.1. The molecule has 0 saturated heterocycles. The lowest BCUT2D eigenvalue weighted by Gasteiger charge is -2.19. The Balaban J connectivity index is 2.59. The van der Waals surface area contributed by atoms with Crippen LogP contribution in [0.25, 0.3) is 0 Å². The summed E-state index contributed by atoms with van der Waals surface area (Å²) in [5.41, 5.74) is 1.17. The Morgan fingerprint density at radius 2 is 1.94 bits per heavy atom. The van der Waals surface area contributed by atoms with Crippen molar-refractivity contribution in [2.45, 2.75) is 59.5 Å². The van der Waals surface area contributed by atoms with E-state index in [1.165, 1.54) is 6.42 Å². The Morgan fingerprint density at radius 3 is 2.38 bits per heavy atom. The summed E-state index contributed by atoms with van der Waals surface area (Å²) < 4.78 is 2.00. The number of nitrogens with zero attached hydrogens (tertiary/aromatic N) is 2. The molecule has 1 atom stereocenters. The molecule has 0 fully saturated rings. The van der Waals surface area contributed by atoms with Crippen LogP contribution in [0.1, 0.15) is 48.0 Å². The quantitative estimate of drug-likeness (QED) is 0.847. The fourth-order valence-electron chi connectivity index (χ4n) is 1.81. The van der Waals surface area contributed by atoms with Gasteiger partial charge in [0.2, 0.25) is 0 Å². The number of hydrogen-bond donors (Lipinski definition) is 1. The van der Waals surface area contributed by atoms with Crippen molar-refractivity contribution >= 4 is 5.69 Å². The average molecular weight is 223 g/mol. The molecule has 16 heavy (non-hydrogen) atoms. The molecule has 1 rings (SSSR count). The fourth-order valence-corrected chi connectivity index (χ4v) is 1.81. The minimum absolute atomic E-state index is 0.0568. The Hall–Kier alpha value is -0.990. The van der Waals surface area contributed by atoms with E-state index in [1.54, 1.807) is 0 Å². The average Bonchev–Trinajstić information content (AvgIpc) is 2.49. The lowest BCUT2D eigenvalue weighted by Crippen LogP contribution is -2.22. The molecule has 0 bridgehead atoms. The van der Waals surface area contributed by atoms with E-state index in [0.717, 1.165) is 11.6 Å². The van der Waals surface area contributed by atoms with Crippen LogP contribution >= 0.6 is 0 Å². The van der Waals surface area contributed by atoms with Crippen molar-refractivity contribution in [1.82, 2.24) is 9.78 Å². The molecule has 0 amide bonds. The van der Waals surface area contributed by atoms with Crippen molar-refractivity contribution in [1.29, 1.82) is 0 Å². The van der Waals surface area contributed by atoms with Crippen molar-refractivity contribution < 1.29 is 0 Å². The lowest BCUT2D eigenvalue weighted by molar-refractivity contribution is 0.355. The molecule has 3 heteroatoms. The van der Waals surface area contributed by atoms with Crippen LogP contribution in [0, 0.1) is 5.92 Å². The third-order valence-electron chi connectivity index (χ3n) is 2.51. The molecule has 0 radical (unpaired) electrons. The Labute approximate surface area is 99.2 Å². The third kappa shape index (κ3) is 3.87. The van der Waals surface area contributed by atoms with Gasteiger partial charge in [0.05, 0.1) is 17.4 Å². The van der Waals surface area contributed by atoms with Crippen LogP contribution in [0.3, 0.4) is 0 Å². The van der Waals surface area contributed by atoms with Crippen molar-refractivity contribution in [2.75, 3.05) is 5.32 Å². The van der Waals surface area contributed by atoms with Crippen LogP contribution in [0.2, 0.25) is 0 Å². The van der Waals surface area contributed by atoms with E-state index in [0.29, 0.717) is 6.04 Å². The molecule has 0 aliphatic rings. The standard InChI is InChI=1S/C13H25N3/c1-10(2)7-11(3)15-12-8-14-16(9-12)13(4,5)6/h8-11,15H,7H2,1-6H3. The molecule has 92 valence electrons. The monoisotopic (exact) mass is 223 g/mol. The van der Waals surface area contributed by atoms with E-state index in [2.05, 4.69) is 58.2 Å². The molecule has 1 aromatic heterocycles.